The first-order valence-electron chi connectivity index (χ1n) is 2.75. The smallest absolute Gasteiger partial charge is 0.239 e. The molecule has 0 aliphatic heterocycles. The normalized spacial score (nSPS) is 19.0. The summed E-state index contributed by atoms with van der Waals surface area (Å²) in [4.78, 5) is 8.88. The van der Waals surface area contributed by atoms with Crippen molar-refractivity contribution in [1.82, 2.24) is 0 Å². The molecule has 0 aliphatic rings. The summed E-state index contributed by atoms with van der Waals surface area (Å²) in [6.07, 6.45) is 2.05. The molecule has 3 nitrogen and oxygen atoms in total. The van der Waals surface area contributed by atoms with Crippen molar-refractivity contribution in [3.63, 3.8) is 0 Å². The van der Waals surface area contributed by atoms with Crippen LogP contribution in [0.25, 0.3) is 0 Å². The van der Waals surface area contributed by atoms with Crippen LogP contribution in [0.5, 0.6) is 0 Å². The van der Waals surface area contributed by atoms with Crippen molar-refractivity contribution in [3.8, 4) is 0 Å². The molecule has 0 fully saturated rings. The van der Waals surface area contributed by atoms with Gasteiger partial charge < -0.3 is 4.89 Å². The lowest BCUT2D eigenvalue weighted by Gasteiger charge is -2.09. The molecule has 57 valence electrons. The average molecular weight is 161 g/mol. The Morgan fingerprint density at radius 3 is 2.40 bits per heavy atom. The maximum atomic E-state index is 10.8. The van der Waals surface area contributed by atoms with Crippen LogP contribution in [0.1, 0.15) is 0 Å². The summed E-state index contributed by atoms with van der Waals surface area (Å²) < 4.78 is 10.8. The Kier molecular flexibility index (Phi) is 3.58. The Hall–Kier alpha value is -0.370. The molecule has 0 aliphatic carbocycles. The quantitative estimate of drug-likeness (QED) is 0.500. The van der Waals surface area contributed by atoms with Crippen LogP contribution in [0.3, 0.4) is 0 Å². The van der Waals surface area contributed by atoms with Gasteiger partial charge in [0.1, 0.15) is 0 Å². The minimum absolute atomic E-state index is 0.146. The molecule has 0 aromatic heterocycles. The van der Waals surface area contributed by atoms with E-state index in [1.807, 2.05) is 0 Å². The molecule has 0 aromatic rings. The number of rotatable bonds is 4. The van der Waals surface area contributed by atoms with E-state index in [9.17, 15) is 9.67 Å². The number of hydrogen-bond donors (Lipinski definition) is 1. The van der Waals surface area contributed by atoms with Crippen molar-refractivity contribution in [1.29, 1.82) is 0 Å². The minimum Gasteiger partial charge on any atom is -0.342 e. The van der Waals surface area contributed by atoms with Crippen molar-refractivity contribution in [2.24, 2.45) is 0 Å². The van der Waals surface area contributed by atoms with Crippen LogP contribution < -0.4 is 0 Å². The first-order valence-corrected chi connectivity index (χ1v) is 4.66. The third kappa shape index (κ3) is 2.48. The zero-order valence-electron chi connectivity index (χ0n) is 5.56. The summed E-state index contributed by atoms with van der Waals surface area (Å²) in [5.74, 6) is -1.58. The van der Waals surface area contributed by atoms with Crippen LogP contribution >= 0.6 is 7.37 Å². The van der Waals surface area contributed by atoms with Crippen molar-refractivity contribution < 1.29 is 14.6 Å². The first kappa shape index (κ1) is 9.63. The van der Waals surface area contributed by atoms with Gasteiger partial charge in [0, 0.05) is 6.16 Å². The van der Waals surface area contributed by atoms with Gasteiger partial charge in [0.15, 0.2) is 5.85 Å². The van der Waals surface area contributed by atoms with Crippen LogP contribution in [0.15, 0.2) is 25.3 Å². The maximum Gasteiger partial charge on any atom is 0.239 e. The molecule has 0 bridgehead atoms. The average Bonchev–Trinajstić information content (AvgIpc) is 1.86. The van der Waals surface area contributed by atoms with Gasteiger partial charge in [0.05, 0.1) is 0 Å². The first-order chi connectivity index (χ1) is 4.54. The summed E-state index contributed by atoms with van der Waals surface area (Å²) in [6.45, 7) is 6.39. The summed E-state index contributed by atoms with van der Waals surface area (Å²) in [5.41, 5.74) is 0. The van der Waals surface area contributed by atoms with E-state index >= 15 is 0 Å². The molecule has 0 saturated carbocycles. The molecule has 1 N–H and O–H groups in total. The Morgan fingerprint density at radius 2 is 2.10 bits per heavy atom. The minimum atomic E-state index is -3.58. The molecule has 4 heteroatoms. The second-order valence-electron chi connectivity index (χ2n) is 1.85. The Bertz CT molecular complexity index is 176. The molecule has 0 aromatic carbocycles. The number of hydrogen-bond acceptors (Lipinski definition) is 1. The molecule has 0 amide bonds. The van der Waals surface area contributed by atoms with Crippen LogP contribution in [-0.4, -0.2) is 16.9 Å². The van der Waals surface area contributed by atoms with E-state index in [1.165, 1.54) is 6.08 Å². The van der Waals surface area contributed by atoms with Gasteiger partial charge in [-0.2, -0.15) is 0 Å². The van der Waals surface area contributed by atoms with Crippen molar-refractivity contribution in [2.45, 2.75) is 5.85 Å². The zero-order valence-corrected chi connectivity index (χ0v) is 6.46. The van der Waals surface area contributed by atoms with E-state index < -0.39 is 13.2 Å². The molecule has 2 atom stereocenters. The van der Waals surface area contributed by atoms with Crippen LogP contribution in [0.4, 0.5) is 0 Å². The highest BCUT2D eigenvalue weighted by Gasteiger charge is 2.25. The molecule has 0 heterocycles. The van der Waals surface area contributed by atoms with Gasteiger partial charge in [-0.3, -0.25) is 4.57 Å². The molecule has 10 heavy (non-hydrogen) atoms. The Labute approximate surface area is 60.1 Å². The molecule has 0 rings (SSSR count). The fourth-order valence-electron chi connectivity index (χ4n) is 0.454. The predicted molar refractivity (Wildman–Crippen MR) is 39.6 cm³/mol. The summed E-state index contributed by atoms with van der Waals surface area (Å²) in [5, 5.41) is 10.6. The lowest BCUT2D eigenvalue weighted by atomic mass is 10.7. The monoisotopic (exact) mass is 161 g/mol. The molecular weight excluding hydrogens is 151 g/mol. The van der Waals surface area contributed by atoms with Gasteiger partial charge >= 0.3 is 0 Å². The standard InChI is InChI=1S/C6H10O3P/c1-3-5-10(8,9)6(7)4-2/h3-4,6H,1-2,5H2,(H,8,9). The molecule has 0 spiro atoms. The third-order valence-electron chi connectivity index (χ3n) is 0.990. The SMILES string of the molecule is C=CCP(=O)(O)C([O])C=C. The lowest BCUT2D eigenvalue weighted by Crippen LogP contribution is -2.02. The van der Waals surface area contributed by atoms with E-state index in [2.05, 4.69) is 13.2 Å². The van der Waals surface area contributed by atoms with Crippen molar-refractivity contribution >= 4 is 7.37 Å². The fraction of sp³-hybridized carbons (Fsp3) is 0.333. The van der Waals surface area contributed by atoms with Crippen LogP contribution in [-0.2, 0) is 9.67 Å². The maximum absolute atomic E-state index is 10.8. The van der Waals surface area contributed by atoms with E-state index in [4.69, 9.17) is 4.89 Å². The molecule has 0 saturated heterocycles. The second-order valence-corrected chi connectivity index (χ2v) is 4.24. The zero-order chi connectivity index (χ0) is 8.20. The summed E-state index contributed by atoms with van der Waals surface area (Å²) in [7, 11) is -3.58. The van der Waals surface area contributed by atoms with Crippen LogP contribution in [0.2, 0.25) is 0 Å². The third-order valence-corrected chi connectivity index (χ3v) is 2.78. The highest BCUT2D eigenvalue weighted by atomic mass is 31.2. The second kappa shape index (κ2) is 3.71. The van der Waals surface area contributed by atoms with E-state index in [1.54, 1.807) is 0 Å². The van der Waals surface area contributed by atoms with E-state index in [-0.39, 0.29) is 6.16 Å². The Morgan fingerprint density at radius 1 is 1.60 bits per heavy atom. The molecular formula is C6H10O3P. The summed E-state index contributed by atoms with van der Waals surface area (Å²) in [6, 6.07) is 0. The Balaban J connectivity index is 4.23. The van der Waals surface area contributed by atoms with Gasteiger partial charge in [0.2, 0.25) is 7.37 Å². The van der Waals surface area contributed by atoms with Gasteiger partial charge in [-0.05, 0) is 0 Å². The topological polar surface area (TPSA) is 57.2 Å². The van der Waals surface area contributed by atoms with Gasteiger partial charge in [-0.25, -0.2) is 5.11 Å². The largest absolute Gasteiger partial charge is 0.342 e. The predicted octanol–water partition coefficient (Wildman–Crippen LogP) is 1.39. The van der Waals surface area contributed by atoms with Gasteiger partial charge in [0.25, 0.3) is 0 Å². The van der Waals surface area contributed by atoms with Gasteiger partial charge in [-0.1, -0.05) is 18.7 Å². The summed E-state index contributed by atoms with van der Waals surface area (Å²) >= 11 is 0. The van der Waals surface area contributed by atoms with E-state index in [0.717, 1.165) is 6.08 Å². The molecule has 1 radical (unpaired) electrons. The highest BCUT2D eigenvalue weighted by molar-refractivity contribution is 7.58. The van der Waals surface area contributed by atoms with Crippen molar-refractivity contribution in [3.05, 3.63) is 25.3 Å². The highest BCUT2D eigenvalue weighted by Crippen LogP contribution is 2.45. The van der Waals surface area contributed by atoms with Gasteiger partial charge in [-0.15, -0.1) is 6.58 Å². The molecule has 2 unspecified atom stereocenters. The lowest BCUT2D eigenvalue weighted by molar-refractivity contribution is 0.179. The fourth-order valence-corrected chi connectivity index (χ4v) is 1.36. The number of allylic oxidation sites excluding steroid dienone is 1. The van der Waals surface area contributed by atoms with E-state index in [0.29, 0.717) is 0 Å². The van der Waals surface area contributed by atoms with Crippen molar-refractivity contribution in [2.75, 3.05) is 6.16 Å². The van der Waals surface area contributed by atoms with Crippen LogP contribution in [0, 0.1) is 0 Å².